The van der Waals surface area contributed by atoms with Crippen LogP contribution in [0.4, 0.5) is 0 Å². The summed E-state index contributed by atoms with van der Waals surface area (Å²) in [4.78, 5) is 14.9. The predicted octanol–water partition coefficient (Wildman–Crippen LogP) is 5.87. The number of aldehydes is 1. The highest BCUT2D eigenvalue weighted by atomic mass is 16.1. The third-order valence-electron chi connectivity index (χ3n) is 4.76. The van der Waals surface area contributed by atoms with E-state index in [1.807, 2.05) is 0 Å². The van der Waals surface area contributed by atoms with Gasteiger partial charge in [-0.15, -0.1) is 0 Å². The molecular weight excluding hydrogens is 294 g/mol. The number of carbonyl (C=O) groups is 1. The van der Waals surface area contributed by atoms with Crippen LogP contribution in [0.25, 0.3) is 22.0 Å². The van der Waals surface area contributed by atoms with Crippen LogP contribution in [0.5, 0.6) is 0 Å². The van der Waals surface area contributed by atoms with Crippen molar-refractivity contribution in [1.82, 2.24) is 4.98 Å². The van der Waals surface area contributed by atoms with Gasteiger partial charge in [0.2, 0.25) is 0 Å². The van der Waals surface area contributed by atoms with Gasteiger partial charge < -0.3 is 4.98 Å². The largest absolute Gasteiger partial charge is 0.351 e. The molecule has 2 aromatic carbocycles. The SMILES string of the molecule is Cc1ccc2c(-c3c(C)cc(C(C)(C)C)cc3C)[nH]c(C=O)c2c1. The summed E-state index contributed by atoms with van der Waals surface area (Å²) in [6.45, 7) is 13.1. The Morgan fingerprint density at radius 3 is 2.08 bits per heavy atom. The van der Waals surface area contributed by atoms with E-state index in [4.69, 9.17) is 0 Å². The maximum Gasteiger partial charge on any atom is 0.166 e. The van der Waals surface area contributed by atoms with Crippen LogP contribution >= 0.6 is 0 Å². The molecule has 0 atom stereocenters. The highest BCUT2D eigenvalue weighted by Crippen LogP contribution is 2.37. The Bertz CT molecular complexity index is 915. The van der Waals surface area contributed by atoms with Crippen LogP contribution in [0.15, 0.2) is 30.3 Å². The number of carbonyl (C=O) groups excluding carboxylic acids is 1. The van der Waals surface area contributed by atoms with Crippen LogP contribution in [0, 0.1) is 20.8 Å². The van der Waals surface area contributed by atoms with Crippen molar-refractivity contribution in [2.24, 2.45) is 0 Å². The summed E-state index contributed by atoms with van der Waals surface area (Å²) in [6.07, 6.45) is 0.916. The number of H-pyrrole nitrogens is 1. The number of rotatable bonds is 2. The number of hydrogen-bond acceptors (Lipinski definition) is 1. The molecule has 0 aliphatic carbocycles. The fourth-order valence-electron chi connectivity index (χ4n) is 3.45. The molecule has 3 rings (SSSR count). The van der Waals surface area contributed by atoms with Gasteiger partial charge in [-0.3, -0.25) is 4.79 Å². The van der Waals surface area contributed by atoms with Gasteiger partial charge in [0.25, 0.3) is 0 Å². The summed E-state index contributed by atoms with van der Waals surface area (Å²) >= 11 is 0. The number of aromatic amines is 1. The van der Waals surface area contributed by atoms with Gasteiger partial charge in [0.15, 0.2) is 6.29 Å². The van der Waals surface area contributed by atoms with Crippen LogP contribution in [0.3, 0.4) is 0 Å². The molecule has 0 unspecified atom stereocenters. The first-order chi connectivity index (χ1) is 11.2. The van der Waals surface area contributed by atoms with Crippen LogP contribution in [-0.2, 0) is 5.41 Å². The third-order valence-corrected chi connectivity index (χ3v) is 4.76. The Morgan fingerprint density at radius 2 is 1.54 bits per heavy atom. The molecule has 2 heteroatoms. The molecule has 2 nitrogen and oxygen atoms in total. The van der Waals surface area contributed by atoms with Crippen molar-refractivity contribution in [3.63, 3.8) is 0 Å². The summed E-state index contributed by atoms with van der Waals surface area (Å²) in [7, 11) is 0. The summed E-state index contributed by atoms with van der Waals surface area (Å²) in [6, 6.07) is 10.8. The van der Waals surface area contributed by atoms with E-state index in [0.29, 0.717) is 5.69 Å². The third kappa shape index (κ3) is 2.66. The van der Waals surface area contributed by atoms with Crippen molar-refractivity contribution in [1.29, 1.82) is 0 Å². The minimum absolute atomic E-state index is 0.122. The van der Waals surface area contributed by atoms with Gasteiger partial charge in [-0.05, 0) is 48.9 Å². The zero-order valence-corrected chi connectivity index (χ0v) is 15.4. The minimum atomic E-state index is 0.122. The molecule has 0 saturated carbocycles. The minimum Gasteiger partial charge on any atom is -0.351 e. The number of aryl methyl sites for hydroxylation is 3. The van der Waals surface area contributed by atoms with Crippen molar-refractivity contribution in [2.75, 3.05) is 0 Å². The second-order valence-electron chi connectivity index (χ2n) is 7.82. The standard InChI is InChI=1S/C22H25NO/c1-13-7-8-17-18(9-13)19(12-24)23-21(17)20-14(2)10-16(11-15(20)3)22(4,5)6/h7-12,23H,1-6H3. The van der Waals surface area contributed by atoms with Gasteiger partial charge in [-0.1, -0.05) is 50.6 Å². The molecule has 124 valence electrons. The van der Waals surface area contributed by atoms with E-state index in [-0.39, 0.29) is 5.41 Å². The zero-order valence-electron chi connectivity index (χ0n) is 15.4. The fourth-order valence-corrected chi connectivity index (χ4v) is 3.45. The normalized spacial score (nSPS) is 11.9. The summed E-state index contributed by atoms with van der Waals surface area (Å²) in [5, 5.41) is 2.11. The van der Waals surface area contributed by atoms with Crippen LogP contribution in [0.1, 0.15) is 53.5 Å². The Labute approximate surface area is 143 Å². The van der Waals surface area contributed by atoms with Crippen molar-refractivity contribution >= 4 is 17.1 Å². The van der Waals surface area contributed by atoms with Crippen LogP contribution < -0.4 is 0 Å². The lowest BCUT2D eigenvalue weighted by atomic mass is 9.83. The Balaban J connectivity index is 2.31. The van der Waals surface area contributed by atoms with Gasteiger partial charge in [-0.25, -0.2) is 0 Å². The molecule has 0 aliphatic heterocycles. The molecule has 3 aromatic rings. The number of benzene rings is 2. The first kappa shape index (κ1) is 16.5. The molecule has 0 amide bonds. The lowest BCUT2D eigenvalue weighted by molar-refractivity contribution is 0.112. The number of hydrogen-bond donors (Lipinski definition) is 1. The van der Waals surface area contributed by atoms with E-state index in [1.54, 1.807) is 0 Å². The average Bonchev–Trinajstić information content (AvgIpc) is 2.83. The molecule has 0 radical (unpaired) electrons. The van der Waals surface area contributed by atoms with Gasteiger partial charge in [0.05, 0.1) is 11.4 Å². The smallest absolute Gasteiger partial charge is 0.166 e. The highest BCUT2D eigenvalue weighted by Gasteiger charge is 2.19. The van der Waals surface area contributed by atoms with Crippen LogP contribution in [-0.4, -0.2) is 11.3 Å². The van der Waals surface area contributed by atoms with Gasteiger partial charge in [-0.2, -0.15) is 0 Å². The zero-order chi connectivity index (χ0) is 17.6. The first-order valence-electron chi connectivity index (χ1n) is 8.42. The molecule has 1 heterocycles. The topological polar surface area (TPSA) is 32.9 Å². The van der Waals surface area contributed by atoms with Crippen molar-refractivity contribution < 1.29 is 4.79 Å². The molecule has 0 spiro atoms. The van der Waals surface area contributed by atoms with Crippen LogP contribution in [0.2, 0.25) is 0 Å². The van der Waals surface area contributed by atoms with E-state index in [2.05, 4.69) is 76.9 Å². The fraction of sp³-hybridized carbons (Fsp3) is 0.318. The van der Waals surface area contributed by atoms with E-state index in [0.717, 1.165) is 28.3 Å². The Kier molecular flexibility index (Phi) is 3.87. The van der Waals surface area contributed by atoms with Gasteiger partial charge >= 0.3 is 0 Å². The second kappa shape index (κ2) is 5.62. The van der Waals surface area contributed by atoms with Crippen molar-refractivity contribution in [3.8, 4) is 11.3 Å². The number of aromatic nitrogens is 1. The number of nitrogens with one attached hydrogen (secondary N) is 1. The summed E-state index contributed by atoms with van der Waals surface area (Å²) in [5.74, 6) is 0. The Hall–Kier alpha value is -2.35. The molecule has 0 saturated heterocycles. The second-order valence-corrected chi connectivity index (χ2v) is 7.82. The average molecular weight is 319 g/mol. The lowest BCUT2D eigenvalue weighted by Gasteiger charge is -2.22. The van der Waals surface area contributed by atoms with E-state index < -0.39 is 0 Å². The summed E-state index contributed by atoms with van der Waals surface area (Å²) < 4.78 is 0. The molecule has 24 heavy (non-hydrogen) atoms. The monoisotopic (exact) mass is 319 g/mol. The van der Waals surface area contributed by atoms with E-state index >= 15 is 0 Å². The number of fused-ring (bicyclic) bond motifs is 1. The predicted molar refractivity (Wildman–Crippen MR) is 102 cm³/mol. The van der Waals surface area contributed by atoms with E-state index in [9.17, 15) is 4.79 Å². The first-order valence-corrected chi connectivity index (χ1v) is 8.42. The van der Waals surface area contributed by atoms with Crippen molar-refractivity contribution in [3.05, 3.63) is 58.3 Å². The molecule has 0 aliphatic rings. The van der Waals surface area contributed by atoms with Gasteiger partial charge in [0, 0.05) is 16.3 Å². The lowest BCUT2D eigenvalue weighted by Crippen LogP contribution is -2.12. The molecule has 0 bridgehead atoms. The van der Waals surface area contributed by atoms with E-state index in [1.165, 1.54) is 22.3 Å². The maximum atomic E-state index is 11.5. The van der Waals surface area contributed by atoms with Gasteiger partial charge in [0.1, 0.15) is 0 Å². The highest BCUT2D eigenvalue weighted by molar-refractivity contribution is 6.05. The quantitative estimate of drug-likeness (QED) is 0.589. The molecule has 0 fully saturated rings. The molecular formula is C22H25NO. The molecule has 1 aromatic heterocycles. The summed E-state index contributed by atoms with van der Waals surface area (Å²) in [5.41, 5.74) is 7.99. The Morgan fingerprint density at radius 1 is 0.917 bits per heavy atom. The molecule has 1 N–H and O–H groups in total. The maximum absolute atomic E-state index is 11.5. The van der Waals surface area contributed by atoms with Crippen molar-refractivity contribution in [2.45, 2.75) is 47.0 Å².